The molecule has 2 nitrogen and oxygen atoms in total. The van der Waals surface area contributed by atoms with E-state index in [0.717, 1.165) is 6.54 Å². The zero-order valence-electron chi connectivity index (χ0n) is 12.2. The summed E-state index contributed by atoms with van der Waals surface area (Å²) in [6.45, 7) is 9.54. The summed E-state index contributed by atoms with van der Waals surface area (Å²) in [6, 6.07) is 9.29. The van der Waals surface area contributed by atoms with Crippen molar-refractivity contribution in [3.63, 3.8) is 0 Å². The Balaban J connectivity index is 2.27. The van der Waals surface area contributed by atoms with E-state index < -0.39 is 0 Å². The molecule has 0 spiro atoms. The van der Waals surface area contributed by atoms with Crippen LogP contribution in [0.2, 0.25) is 0 Å². The van der Waals surface area contributed by atoms with E-state index in [0.29, 0.717) is 6.04 Å². The lowest BCUT2D eigenvalue weighted by atomic mass is 9.96. The zero-order valence-corrected chi connectivity index (χ0v) is 12.2. The standard InChI is InChI=1S/C17H22N2/c1-12(2)19-11-15-5-6-16(13(3)9-15)17-7-8-18-10-14(17)4/h5-10,12,19H,11H2,1-4H3. The third-order valence-electron chi connectivity index (χ3n) is 3.32. The van der Waals surface area contributed by atoms with Gasteiger partial charge in [0.15, 0.2) is 0 Å². The van der Waals surface area contributed by atoms with E-state index in [1.807, 2.05) is 12.4 Å². The molecule has 0 saturated heterocycles. The van der Waals surface area contributed by atoms with Crippen LogP contribution in [0.1, 0.15) is 30.5 Å². The van der Waals surface area contributed by atoms with E-state index >= 15 is 0 Å². The van der Waals surface area contributed by atoms with Crippen molar-refractivity contribution in [2.75, 3.05) is 0 Å². The molecule has 0 fully saturated rings. The molecule has 1 aromatic heterocycles. The lowest BCUT2D eigenvalue weighted by Gasteiger charge is -2.12. The van der Waals surface area contributed by atoms with Crippen LogP contribution >= 0.6 is 0 Å². The summed E-state index contributed by atoms with van der Waals surface area (Å²) in [5, 5.41) is 3.45. The lowest BCUT2D eigenvalue weighted by Crippen LogP contribution is -2.21. The van der Waals surface area contributed by atoms with Crippen molar-refractivity contribution in [2.45, 2.75) is 40.3 Å². The van der Waals surface area contributed by atoms with Crippen molar-refractivity contribution in [2.24, 2.45) is 0 Å². The first-order chi connectivity index (χ1) is 9.08. The molecule has 2 aromatic rings. The smallest absolute Gasteiger partial charge is 0.0303 e. The predicted octanol–water partition coefficient (Wildman–Crippen LogP) is 3.86. The molecule has 19 heavy (non-hydrogen) atoms. The number of nitrogens with one attached hydrogen (secondary N) is 1. The first kappa shape index (κ1) is 13.8. The van der Waals surface area contributed by atoms with Crippen molar-refractivity contribution >= 4 is 0 Å². The quantitative estimate of drug-likeness (QED) is 0.896. The van der Waals surface area contributed by atoms with Gasteiger partial charge in [0, 0.05) is 25.0 Å². The summed E-state index contributed by atoms with van der Waals surface area (Å²) < 4.78 is 0. The van der Waals surface area contributed by atoms with E-state index in [2.05, 4.69) is 62.3 Å². The van der Waals surface area contributed by atoms with Gasteiger partial charge in [-0.25, -0.2) is 0 Å². The van der Waals surface area contributed by atoms with E-state index in [9.17, 15) is 0 Å². The molecule has 0 unspecified atom stereocenters. The molecule has 1 N–H and O–H groups in total. The number of pyridine rings is 1. The van der Waals surface area contributed by atoms with Crippen LogP contribution < -0.4 is 5.32 Å². The first-order valence-electron chi connectivity index (χ1n) is 6.82. The van der Waals surface area contributed by atoms with Crippen molar-refractivity contribution in [1.29, 1.82) is 0 Å². The van der Waals surface area contributed by atoms with E-state index in [-0.39, 0.29) is 0 Å². The van der Waals surface area contributed by atoms with Crippen molar-refractivity contribution in [1.82, 2.24) is 10.3 Å². The van der Waals surface area contributed by atoms with Gasteiger partial charge >= 0.3 is 0 Å². The maximum Gasteiger partial charge on any atom is 0.0303 e. The Labute approximate surface area is 115 Å². The minimum Gasteiger partial charge on any atom is -0.310 e. The number of aryl methyl sites for hydroxylation is 2. The third-order valence-corrected chi connectivity index (χ3v) is 3.32. The highest BCUT2D eigenvalue weighted by atomic mass is 14.9. The molecule has 1 heterocycles. The highest BCUT2D eigenvalue weighted by Gasteiger charge is 2.06. The maximum atomic E-state index is 4.16. The van der Waals surface area contributed by atoms with Crippen molar-refractivity contribution in [3.8, 4) is 11.1 Å². The van der Waals surface area contributed by atoms with Crippen LogP contribution in [0.15, 0.2) is 36.7 Å². The van der Waals surface area contributed by atoms with Gasteiger partial charge in [-0.15, -0.1) is 0 Å². The molecule has 0 aliphatic rings. The molecular formula is C17H22N2. The number of rotatable bonds is 4. The molecular weight excluding hydrogens is 232 g/mol. The minimum absolute atomic E-state index is 0.516. The first-order valence-corrected chi connectivity index (χ1v) is 6.82. The molecule has 2 rings (SSSR count). The fraction of sp³-hybridized carbons (Fsp3) is 0.353. The van der Waals surface area contributed by atoms with Crippen LogP contribution in [0.5, 0.6) is 0 Å². The van der Waals surface area contributed by atoms with Gasteiger partial charge in [-0.1, -0.05) is 32.0 Å². The molecule has 0 bridgehead atoms. The topological polar surface area (TPSA) is 24.9 Å². The Morgan fingerprint density at radius 3 is 2.42 bits per heavy atom. The monoisotopic (exact) mass is 254 g/mol. The summed E-state index contributed by atoms with van der Waals surface area (Å²) in [4.78, 5) is 4.16. The van der Waals surface area contributed by atoms with Gasteiger partial charge in [-0.05, 0) is 47.7 Å². The zero-order chi connectivity index (χ0) is 13.8. The number of aromatic nitrogens is 1. The maximum absolute atomic E-state index is 4.16. The highest BCUT2D eigenvalue weighted by Crippen LogP contribution is 2.26. The van der Waals surface area contributed by atoms with Gasteiger partial charge < -0.3 is 5.32 Å². The largest absolute Gasteiger partial charge is 0.310 e. The van der Waals surface area contributed by atoms with Gasteiger partial charge in [0.2, 0.25) is 0 Å². The predicted molar refractivity (Wildman–Crippen MR) is 81.1 cm³/mol. The van der Waals surface area contributed by atoms with Crippen LogP contribution in [0, 0.1) is 13.8 Å². The van der Waals surface area contributed by atoms with Crippen molar-refractivity contribution in [3.05, 3.63) is 53.3 Å². The fourth-order valence-electron chi connectivity index (χ4n) is 2.24. The van der Waals surface area contributed by atoms with E-state index in [1.54, 1.807) is 0 Å². The van der Waals surface area contributed by atoms with Gasteiger partial charge in [0.25, 0.3) is 0 Å². The molecule has 0 radical (unpaired) electrons. The van der Waals surface area contributed by atoms with Crippen LogP contribution in [-0.2, 0) is 6.54 Å². The molecule has 1 aromatic carbocycles. The van der Waals surface area contributed by atoms with E-state index in [1.165, 1.54) is 27.8 Å². The normalized spacial score (nSPS) is 11.0. The molecule has 0 saturated carbocycles. The van der Waals surface area contributed by atoms with Crippen molar-refractivity contribution < 1.29 is 0 Å². The molecule has 100 valence electrons. The Hall–Kier alpha value is -1.67. The molecule has 0 aliphatic heterocycles. The number of hydrogen-bond donors (Lipinski definition) is 1. The summed E-state index contributed by atoms with van der Waals surface area (Å²) >= 11 is 0. The highest BCUT2D eigenvalue weighted by molar-refractivity contribution is 5.70. The SMILES string of the molecule is Cc1cnccc1-c1ccc(CNC(C)C)cc1C. The van der Waals surface area contributed by atoms with Gasteiger partial charge in [0.05, 0.1) is 0 Å². The molecule has 0 atom stereocenters. The van der Waals surface area contributed by atoms with Gasteiger partial charge in [-0.3, -0.25) is 4.98 Å². The molecule has 2 heteroatoms. The Morgan fingerprint density at radius 1 is 1.05 bits per heavy atom. The summed E-state index contributed by atoms with van der Waals surface area (Å²) in [5.74, 6) is 0. The molecule has 0 aliphatic carbocycles. The van der Waals surface area contributed by atoms with Gasteiger partial charge in [0.1, 0.15) is 0 Å². The fourth-order valence-corrected chi connectivity index (χ4v) is 2.24. The average Bonchev–Trinajstić information content (AvgIpc) is 2.38. The number of benzene rings is 1. The van der Waals surface area contributed by atoms with Crippen LogP contribution in [0.25, 0.3) is 11.1 Å². The summed E-state index contributed by atoms with van der Waals surface area (Å²) in [6.07, 6.45) is 3.78. The Bertz CT molecular complexity index is 559. The minimum atomic E-state index is 0.516. The number of hydrogen-bond acceptors (Lipinski definition) is 2. The summed E-state index contributed by atoms with van der Waals surface area (Å²) in [7, 11) is 0. The van der Waals surface area contributed by atoms with Crippen LogP contribution in [-0.4, -0.2) is 11.0 Å². The Morgan fingerprint density at radius 2 is 1.79 bits per heavy atom. The average molecular weight is 254 g/mol. The molecule has 0 amide bonds. The third kappa shape index (κ3) is 3.42. The van der Waals surface area contributed by atoms with Gasteiger partial charge in [-0.2, -0.15) is 0 Å². The second-order valence-corrected chi connectivity index (χ2v) is 5.38. The van der Waals surface area contributed by atoms with Crippen LogP contribution in [0.3, 0.4) is 0 Å². The van der Waals surface area contributed by atoms with Crippen LogP contribution in [0.4, 0.5) is 0 Å². The number of nitrogens with zero attached hydrogens (tertiary/aromatic N) is 1. The lowest BCUT2D eigenvalue weighted by molar-refractivity contribution is 0.589. The summed E-state index contributed by atoms with van der Waals surface area (Å²) in [5.41, 5.74) is 6.45. The van der Waals surface area contributed by atoms with E-state index in [4.69, 9.17) is 0 Å². The second kappa shape index (κ2) is 5.98. The second-order valence-electron chi connectivity index (χ2n) is 5.38. The Kier molecular flexibility index (Phi) is 4.33.